The van der Waals surface area contributed by atoms with Crippen LogP contribution in [-0.4, -0.2) is 43.5 Å². The largest absolute Gasteiger partial charge is 0.497 e. The van der Waals surface area contributed by atoms with E-state index in [1.165, 1.54) is 36.5 Å². The molecule has 3 aromatic carbocycles. The number of aromatic nitrogens is 2. The molecule has 0 aliphatic heterocycles. The number of hydrogen-bond donors (Lipinski definition) is 0. The number of fused-ring (bicyclic) bond motifs is 1. The van der Waals surface area contributed by atoms with Crippen LogP contribution in [0.15, 0.2) is 81.6 Å². The van der Waals surface area contributed by atoms with Crippen LogP contribution in [0.4, 0.5) is 0 Å². The molecule has 9 heteroatoms. The highest BCUT2D eigenvalue weighted by molar-refractivity contribution is 7.98. The molecule has 0 unspecified atom stereocenters. The highest BCUT2D eigenvalue weighted by Crippen LogP contribution is 2.28. The first-order valence-corrected chi connectivity index (χ1v) is 13.0. The highest BCUT2D eigenvalue weighted by Gasteiger charge is 2.21. The Balaban J connectivity index is 1.90. The summed E-state index contributed by atoms with van der Waals surface area (Å²) >= 11 is 1.41. The van der Waals surface area contributed by atoms with Gasteiger partial charge in [-0.2, -0.15) is 0 Å². The second-order valence-corrected chi connectivity index (χ2v) is 11.0. The summed E-state index contributed by atoms with van der Waals surface area (Å²) in [4.78, 5) is 18.5. The van der Waals surface area contributed by atoms with E-state index in [9.17, 15) is 13.2 Å². The first kappa shape index (κ1) is 24.0. The van der Waals surface area contributed by atoms with E-state index >= 15 is 0 Å². The zero-order valence-corrected chi connectivity index (χ0v) is 21.0. The first-order chi connectivity index (χ1) is 16.2. The van der Waals surface area contributed by atoms with Crippen LogP contribution < -0.4 is 10.3 Å². The maximum atomic E-state index is 13.6. The molecule has 0 radical (unpaired) electrons. The number of para-hydroxylation sites is 1. The molecule has 0 saturated heterocycles. The lowest BCUT2D eigenvalue weighted by Gasteiger charge is -2.18. The minimum Gasteiger partial charge on any atom is -0.497 e. The number of methoxy groups -OCH3 is 1. The van der Waals surface area contributed by atoms with Crippen LogP contribution in [0.25, 0.3) is 16.6 Å². The van der Waals surface area contributed by atoms with Crippen LogP contribution in [0.5, 0.6) is 5.75 Å². The summed E-state index contributed by atoms with van der Waals surface area (Å²) in [6.45, 7) is 1.85. The van der Waals surface area contributed by atoms with Crippen molar-refractivity contribution in [2.75, 3.05) is 21.2 Å². The number of rotatable bonds is 7. The Bertz CT molecular complexity index is 1530. The Morgan fingerprint density at radius 3 is 2.53 bits per heavy atom. The van der Waals surface area contributed by atoms with E-state index in [-0.39, 0.29) is 10.5 Å². The highest BCUT2D eigenvalue weighted by atomic mass is 32.2. The summed E-state index contributed by atoms with van der Waals surface area (Å²) < 4.78 is 33.6. The molecule has 4 rings (SSSR count). The molecule has 0 bridgehead atoms. The predicted molar refractivity (Wildman–Crippen MR) is 136 cm³/mol. The minimum absolute atomic E-state index is 0.113. The smallest absolute Gasteiger partial charge is 0.266 e. The number of aryl methyl sites for hydroxylation is 1. The molecule has 0 N–H and O–H groups in total. The van der Waals surface area contributed by atoms with Crippen molar-refractivity contribution >= 4 is 32.7 Å². The number of ether oxygens (including phenoxy) is 1. The minimum atomic E-state index is -3.68. The number of sulfonamides is 1. The van der Waals surface area contributed by atoms with Gasteiger partial charge in [-0.15, -0.1) is 0 Å². The summed E-state index contributed by atoms with van der Waals surface area (Å²) in [7, 11) is 0.899. The van der Waals surface area contributed by atoms with Gasteiger partial charge in [-0.05, 0) is 54.4 Å². The number of hydrogen-bond acceptors (Lipinski definition) is 6. The fourth-order valence-electron chi connectivity index (χ4n) is 3.53. The molecule has 0 saturated carbocycles. The first-order valence-electron chi connectivity index (χ1n) is 10.5. The molecule has 7 nitrogen and oxygen atoms in total. The molecule has 0 atom stereocenters. The lowest BCUT2D eigenvalue weighted by molar-refractivity contribution is 0.414. The van der Waals surface area contributed by atoms with Gasteiger partial charge < -0.3 is 4.74 Å². The molecule has 4 aromatic rings. The van der Waals surface area contributed by atoms with E-state index < -0.39 is 10.0 Å². The number of nitrogens with zero attached hydrogens (tertiary/aromatic N) is 3. The Morgan fingerprint density at radius 1 is 1.03 bits per heavy atom. The van der Waals surface area contributed by atoms with Gasteiger partial charge in [0.2, 0.25) is 10.0 Å². The average molecular weight is 496 g/mol. The van der Waals surface area contributed by atoms with E-state index in [4.69, 9.17) is 9.72 Å². The van der Waals surface area contributed by atoms with Crippen LogP contribution >= 0.6 is 11.8 Å². The lowest BCUT2D eigenvalue weighted by Crippen LogP contribution is -2.25. The standard InChI is InChI=1S/C25H25N3O4S2/c1-17-12-13-20(34(30,31)27(2)3)15-23(17)28-24(29)21-10-5-6-11-22(21)26-25(28)33-16-18-8-7-9-19(14-18)32-4/h5-15H,16H2,1-4H3. The van der Waals surface area contributed by atoms with E-state index in [1.54, 1.807) is 37.4 Å². The van der Waals surface area contributed by atoms with Gasteiger partial charge in [-0.3, -0.25) is 9.36 Å². The summed E-state index contributed by atoms with van der Waals surface area (Å²) in [5, 5.41) is 0.947. The van der Waals surface area contributed by atoms with Crippen LogP contribution in [0.2, 0.25) is 0 Å². The zero-order chi connectivity index (χ0) is 24.5. The van der Waals surface area contributed by atoms with Crippen LogP contribution in [0.3, 0.4) is 0 Å². The molecule has 34 heavy (non-hydrogen) atoms. The van der Waals surface area contributed by atoms with Crippen molar-refractivity contribution in [3.05, 3.63) is 88.2 Å². The summed E-state index contributed by atoms with van der Waals surface area (Å²) in [6.07, 6.45) is 0. The monoisotopic (exact) mass is 495 g/mol. The molecule has 0 spiro atoms. The van der Waals surface area contributed by atoms with Crippen LogP contribution in [0, 0.1) is 6.92 Å². The SMILES string of the molecule is COc1cccc(CSc2nc3ccccc3c(=O)n2-c2cc(S(=O)(=O)N(C)C)ccc2C)c1. The molecule has 1 heterocycles. The van der Waals surface area contributed by atoms with Crippen molar-refractivity contribution in [2.24, 2.45) is 0 Å². The molecule has 176 valence electrons. The quantitative estimate of drug-likeness (QED) is 0.282. The Morgan fingerprint density at radius 2 is 1.79 bits per heavy atom. The summed E-state index contributed by atoms with van der Waals surface area (Å²) in [6, 6.07) is 19.7. The summed E-state index contributed by atoms with van der Waals surface area (Å²) in [5.41, 5.74) is 2.60. The van der Waals surface area contributed by atoms with Gasteiger partial charge in [0.1, 0.15) is 5.75 Å². The molecule has 0 fully saturated rings. The van der Waals surface area contributed by atoms with Gasteiger partial charge in [0.25, 0.3) is 5.56 Å². The fourth-order valence-corrected chi connectivity index (χ4v) is 5.40. The predicted octanol–water partition coefficient (Wildman–Crippen LogP) is 4.25. The molecule has 0 aliphatic carbocycles. The van der Waals surface area contributed by atoms with E-state index in [1.807, 2.05) is 37.3 Å². The van der Waals surface area contributed by atoms with E-state index in [2.05, 4.69) is 0 Å². The average Bonchev–Trinajstić information content (AvgIpc) is 2.83. The third-order valence-corrected chi connectivity index (χ3v) is 8.27. The van der Waals surface area contributed by atoms with Gasteiger partial charge in [0.05, 0.1) is 28.6 Å². The van der Waals surface area contributed by atoms with Crippen molar-refractivity contribution in [1.29, 1.82) is 0 Å². The maximum absolute atomic E-state index is 13.6. The lowest BCUT2D eigenvalue weighted by atomic mass is 10.2. The number of benzene rings is 3. The van der Waals surface area contributed by atoms with Crippen LogP contribution in [0.1, 0.15) is 11.1 Å². The van der Waals surface area contributed by atoms with Gasteiger partial charge in [0.15, 0.2) is 5.16 Å². The van der Waals surface area contributed by atoms with E-state index in [0.29, 0.717) is 27.5 Å². The van der Waals surface area contributed by atoms with Crippen molar-refractivity contribution < 1.29 is 13.2 Å². The van der Waals surface area contributed by atoms with Crippen molar-refractivity contribution in [3.8, 4) is 11.4 Å². The Hall–Kier alpha value is -3.14. The van der Waals surface area contributed by atoms with Gasteiger partial charge in [-0.25, -0.2) is 17.7 Å². The normalized spacial score (nSPS) is 11.8. The Kier molecular flexibility index (Phi) is 6.79. The maximum Gasteiger partial charge on any atom is 0.266 e. The molecular weight excluding hydrogens is 470 g/mol. The van der Waals surface area contributed by atoms with Crippen molar-refractivity contribution in [1.82, 2.24) is 13.9 Å². The fraction of sp³-hybridized carbons (Fsp3) is 0.200. The molecular formula is C25H25N3O4S2. The second kappa shape index (κ2) is 9.61. The van der Waals surface area contributed by atoms with Gasteiger partial charge >= 0.3 is 0 Å². The molecule has 1 aromatic heterocycles. The number of thioether (sulfide) groups is 1. The van der Waals surface area contributed by atoms with E-state index in [0.717, 1.165) is 21.2 Å². The zero-order valence-electron chi connectivity index (χ0n) is 19.3. The van der Waals surface area contributed by atoms with Gasteiger partial charge in [0, 0.05) is 19.8 Å². The Labute approximate surface area is 203 Å². The third kappa shape index (κ3) is 4.59. The third-order valence-electron chi connectivity index (χ3n) is 5.45. The molecule has 0 aliphatic rings. The van der Waals surface area contributed by atoms with Crippen LogP contribution in [-0.2, 0) is 15.8 Å². The van der Waals surface area contributed by atoms with Gasteiger partial charge in [-0.1, -0.05) is 42.1 Å². The second-order valence-electron chi connectivity index (χ2n) is 7.93. The summed E-state index contributed by atoms with van der Waals surface area (Å²) in [5.74, 6) is 1.30. The van der Waals surface area contributed by atoms with Crippen molar-refractivity contribution in [2.45, 2.75) is 22.7 Å². The topological polar surface area (TPSA) is 81.5 Å². The van der Waals surface area contributed by atoms with Crippen molar-refractivity contribution in [3.63, 3.8) is 0 Å². The molecule has 0 amide bonds.